The number of ether oxygens (including phenoxy) is 1. The summed E-state index contributed by atoms with van der Waals surface area (Å²) in [5, 5.41) is 8.83. The Kier molecular flexibility index (Phi) is 7.47. The predicted octanol–water partition coefficient (Wildman–Crippen LogP) is 3.80. The SMILES string of the molecule is CCC(C)N(CCOC)c1cc(Br)ccc1C=CC(=O)O. The molecule has 1 unspecified atom stereocenters. The molecule has 1 aromatic rings. The molecule has 0 saturated heterocycles. The van der Waals surface area contributed by atoms with E-state index in [4.69, 9.17) is 9.84 Å². The van der Waals surface area contributed by atoms with Crippen LogP contribution in [0.4, 0.5) is 5.69 Å². The summed E-state index contributed by atoms with van der Waals surface area (Å²) in [6.45, 7) is 5.67. The Labute approximate surface area is 134 Å². The lowest BCUT2D eigenvalue weighted by Crippen LogP contribution is -2.35. The molecule has 1 aromatic carbocycles. The summed E-state index contributed by atoms with van der Waals surface area (Å²) in [6, 6.07) is 6.19. The van der Waals surface area contributed by atoms with E-state index in [0.29, 0.717) is 12.6 Å². The van der Waals surface area contributed by atoms with Crippen molar-refractivity contribution in [3.8, 4) is 0 Å². The van der Waals surface area contributed by atoms with Crippen molar-refractivity contribution >= 4 is 33.7 Å². The minimum absolute atomic E-state index is 0.339. The molecule has 0 aromatic heterocycles. The Balaban J connectivity index is 3.20. The van der Waals surface area contributed by atoms with Crippen LogP contribution in [-0.4, -0.2) is 37.4 Å². The van der Waals surface area contributed by atoms with Gasteiger partial charge in [0.15, 0.2) is 0 Å². The van der Waals surface area contributed by atoms with E-state index >= 15 is 0 Å². The molecule has 0 heterocycles. The highest BCUT2D eigenvalue weighted by molar-refractivity contribution is 9.10. The summed E-state index contributed by atoms with van der Waals surface area (Å²) in [7, 11) is 1.68. The quantitative estimate of drug-likeness (QED) is 0.720. The summed E-state index contributed by atoms with van der Waals surface area (Å²) in [5.74, 6) is -0.948. The first kappa shape index (κ1) is 17.7. The molecule has 0 saturated carbocycles. The van der Waals surface area contributed by atoms with Crippen LogP contribution in [0.1, 0.15) is 25.8 Å². The van der Waals surface area contributed by atoms with Gasteiger partial charge in [0.1, 0.15) is 0 Å². The number of rotatable bonds is 8. The van der Waals surface area contributed by atoms with Crippen molar-refractivity contribution in [3.63, 3.8) is 0 Å². The smallest absolute Gasteiger partial charge is 0.328 e. The highest BCUT2D eigenvalue weighted by Crippen LogP contribution is 2.28. The molecule has 0 bridgehead atoms. The van der Waals surface area contributed by atoms with Gasteiger partial charge >= 0.3 is 5.97 Å². The van der Waals surface area contributed by atoms with Crippen molar-refractivity contribution < 1.29 is 14.6 Å². The number of hydrogen-bond acceptors (Lipinski definition) is 3. The molecule has 116 valence electrons. The molecule has 0 aliphatic carbocycles. The highest BCUT2D eigenvalue weighted by atomic mass is 79.9. The largest absolute Gasteiger partial charge is 0.478 e. The van der Waals surface area contributed by atoms with Crippen LogP contribution >= 0.6 is 15.9 Å². The molecule has 21 heavy (non-hydrogen) atoms. The third-order valence-electron chi connectivity index (χ3n) is 3.37. The molecule has 1 rings (SSSR count). The number of benzene rings is 1. The molecule has 0 aliphatic rings. The second-order valence-electron chi connectivity index (χ2n) is 4.82. The topological polar surface area (TPSA) is 49.8 Å². The van der Waals surface area contributed by atoms with Crippen LogP contribution in [0.5, 0.6) is 0 Å². The van der Waals surface area contributed by atoms with Crippen molar-refractivity contribution in [2.75, 3.05) is 25.2 Å². The number of anilines is 1. The fraction of sp³-hybridized carbons (Fsp3) is 0.438. The van der Waals surface area contributed by atoms with Crippen molar-refractivity contribution in [2.24, 2.45) is 0 Å². The van der Waals surface area contributed by atoms with E-state index in [9.17, 15) is 4.79 Å². The Morgan fingerprint density at radius 3 is 2.81 bits per heavy atom. The van der Waals surface area contributed by atoms with Gasteiger partial charge in [-0.2, -0.15) is 0 Å². The summed E-state index contributed by atoms with van der Waals surface area (Å²) >= 11 is 3.49. The van der Waals surface area contributed by atoms with Crippen LogP contribution in [0, 0.1) is 0 Å². The van der Waals surface area contributed by atoms with Crippen LogP contribution in [0.15, 0.2) is 28.7 Å². The predicted molar refractivity (Wildman–Crippen MR) is 89.8 cm³/mol. The lowest BCUT2D eigenvalue weighted by Gasteiger charge is -2.32. The standard InChI is InChI=1S/C16H22BrNO3/c1-4-12(2)18(9-10-21-3)15-11-14(17)7-5-13(15)6-8-16(19)20/h5-8,11-12H,4,9-10H2,1-3H3,(H,19,20). The minimum Gasteiger partial charge on any atom is -0.478 e. The number of methoxy groups -OCH3 is 1. The second-order valence-corrected chi connectivity index (χ2v) is 5.73. The van der Waals surface area contributed by atoms with Gasteiger partial charge in [0.05, 0.1) is 6.61 Å². The van der Waals surface area contributed by atoms with Gasteiger partial charge in [0.2, 0.25) is 0 Å². The van der Waals surface area contributed by atoms with Crippen LogP contribution in [0.3, 0.4) is 0 Å². The summed E-state index contributed by atoms with van der Waals surface area (Å²) in [6.07, 6.45) is 3.79. The maximum Gasteiger partial charge on any atom is 0.328 e. The van der Waals surface area contributed by atoms with Crippen LogP contribution in [-0.2, 0) is 9.53 Å². The van der Waals surface area contributed by atoms with Gasteiger partial charge < -0.3 is 14.7 Å². The third-order valence-corrected chi connectivity index (χ3v) is 3.86. The van der Waals surface area contributed by atoms with Gasteiger partial charge in [-0.05, 0) is 37.1 Å². The zero-order chi connectivity index (χ0) is 15.8. The average molecular weight is 356 g/mol. The number of aliphatic carboxylic acids is 1. The summed E-state index contributed by atoms with van der Waals surface area (Å²) in [5.41, 5.74) is 1.89. The maximum absolute atomic E-state index is 10.8. The van der Waals surface area contributed by atoms with Crippen molar-refractivity contribution in [2.45, 2.75) is 26.3 Å². The average Bonchev–Trinajstić information content (AvgIpc) is 2.46. The van der Waals surface area contributed by atoms with E-state index in [0.717, 1.165) is 34.8 Å². The minimum atomic E-state index is -0.948. The van der Waals surface area contributed by atoms with Gasteiger partial charge in [-0.25, -0.2) is 4.79 Å². The molecular weight excluding hydrogens is 334 g/mol. The van der Waals surface area contributed by atoms with Crippen molar-refractivity contribution in [1.82, 2.24) is 0 Å². The molecule has 1 N–H and O–H groups in total. The molecule has 0 spiro atoms. The van der Waals surface area contributed by atoms with E-state index in [-0.39, 0.29) is 0 Å². The lowest BCUT2D eigenvalue weighted by molar-refractivity contribution is -0.131. The number of halogens is 1. The van der Waals surface area contributed by atoms with E-state index in [1.165, 1.54) is 0 Å². The number of carbonyl (C=O) groups is 1. The van der Waals surface area contributed by atoms with Crippen LogP contribution in [0.25, 0.3) is 6.08 Å². The number of carboxylic acid groups (broad SMARTS) is 1. The molecule has 0 radical (unpaired) electrons. The zero-order valence-corrected chi connectivity index (χ0v) is 14.3. The van der Waals surface area contributed by atoms with E-state index in [1.54, 1.807) is 13.2 Å². The first-order valence-corrected chi connectivity index (χ1v) is 7.75. The van der Waals surface area contributed by atoms with Crippen molar-refractivity contribution in [3.05, 3.63) is 34.3 Å². The first-order chi connectivity index (χ1) is 9.99. The monoisotopic (exact) mass is 355 g/mol. The number of carboxylic acids is 1. The fourth-order valence-corrected chi connectivity index (χ4v) is 2.40. The van der Waals surface area contributed by atoms with E-state index in [2.05, 4.69) is 34.7 Å². The Hall–Kier alpha value is -1.33. The van der Waals surface area contributed by atoms with Gasteiger partial charge in [0, 0.05) is 35.9 Å². The lowest BCUT2D eigenvalue weighted by atomic mass is 10.1. The Morgan fingerprint density at radius 1 is 1.52 bits per heavy atom. The third kappa shape index (κ3) is 5.52. The van der Waals surface area contributed by atoms with E-state index in [1.807, 2.05) is 18.2 Å². The maximum atomic E-state index is 10.8. The fourth-order valence-electron chi connectivity index (χ4n) is 2.06. The molecule has 4 nitrogen and oxygen atoms in total. The summed E-state index contributed by atoms with van der Waals surface area (Å²) < 4.78 is 6.16. The Morgan fingerprint density at radius 2 is 2.24 bits per heavy atom. The molecule has 0 amide bonds. The number of nitrogens with zero attached hydrogens (tertiary/aromatic N) is 1. The van der Waals surface area contributed by atoms with Gasteiger partial charge in [0.25, 0.3) is 0 Å². The van der Waals surface area contributed by atoms with Gasteiger partial charge in [-0.3, -0.25) is 0 Å². The number of hydrogen-bond donors (Lipinski definition) is 1. The molecule has 1 atom stereocenters. The highest BCUT2D eigenvalue weighted by Gasteiger charge is 2.16. The van der Waals surface area contributed by atoms with Crippen LogP contribution in [0.2, 0.25) is 0 Å². The van der Waals surface area contributed by atoms with Gasteiger partial charge in [-0.15, -0.1) is 0 Å². The molecular formula is C16H22BrNO3. The molecule has 0 aliphatic heterocycles. The summed E-state index contributed by atoms with van der Waals surface area (Å²) in [4.78, 5) is 13.0. The molecule has 5 heteroatoms. The van der Waals surface area contributed by atoms with Crippen molar-refractivity contribution in [1.29, 1.82) is 0 Å². The molecule has 0 fully saturated rings. The Bertz CT molecular complexity index is 502. The van der Waals surface area contributed by atoms with E-state index < -0.39 is 5.97 Å². The first-order valence-electron chi connectivity index (χ1n) is 6.95. The van der Waals surface area contributed by atoms with Crippen LogP contribution < -0.4 is 4.90 Å². The second kappa shape index (κ2) is 8.85. The van der Waals surface area contributed by atoms with Gasteiger partial charge in [-0.1, -0.05) is 28.9 Å². The normalized spacial score (nSPS) is 12.6. The zero-order valence-electron chi connectivity index (χ0n) is 12.7.